The molecule has 0 fully saturated rings. The first-order valence-electron chi connectivity index (χ1n) is 5.25. The molecule has 0 saturated carbocycles. The second-order valence-electron chi connectivity index (χ2n) is 3.70. The van der Waals surface area contributed by atoms with Crippen molar-refractivity contribution in [1.29, 1.82) is 0 Å². The smallest absolute Gasteiger partial charge is 0.148 e. The Morgan fingerprint density at radius 3 is 2.62 bits per heavy atom. The van der Waals surface area contributed by atoms with Gasteiger partial charge < -0.3 is 15.5 Å². The minimum Gasteiger partial charge on any atom is -0.383 e. The molecule has 0 amide bonds. The van der Waals surface area contributed by atoms with E-state index in [0.717, 1.165) is 11.4 Å². The van der Waals surface area contributed by atoms with Crippen LogP contribution in [0.5, 0.6) is 0 Å². The molecule has 1 aromatic heterocycles. The van der Waals surface area contributed by atoms with Crippen LogP contribution in [0.3, 0.4) is 0 Å². The number of ether oxygens (including phenoxy) is 1. The molecule has 1 heterocycles. The zero-order valence-corrected chi connectivity index (χ0v) is 9.95. The number of hydrazine groups is 1. The highest BCUT2D eigenvalue weighted by Crippen LogP contribution is 2.27. The van der Waals surface area contributed by atoms with E-state index in [-0.39, 0.29) is 5.92 Å². The van der Waals surface area contributed by atoms with Crippen molar-refractivity contribution in [2.45, 2.75) is 19.8 Å². The third-order valence-electron chi connectivity index (χ3n) is 2.20. The van der Waals surface area contributed by atoms with Crippen molar-refractivity contribution in [2.75, 3.05) is 31.0 Å². The average molecular weight is 225 g/mol. The van der Waals surface area contributed by atoms with Gasteiger partial charge in [-0.2, -0.15) is 0 Å². The molecule has 6 heteroatoms. The Kier molecular flexibility index (Phi) is 4.94. The van der Waals surface area contributed by atoms with Crippen LogP contribution in [0.4, 0.5) is 11.6 Å². The number of hydrogen-bond acceptors (Lipinski definition) is 6. The number of methoxy groups -OCH3 is 1. The van der Waals surface area contributed by atoms with Gasteiger partial charge in [-0.25, -0.2) is 15.8 Å². The van der Waals surface area contributed by atoms with E-state index < -0.39 is 0 Å². The van der Waals surface area contributed by atoms with Crippen molar-refractivity contribution in [3.05, 3.63) is 11.9 Å². The van der Waals surface area contributed by atoms with Gasteiger partial charge in [-0.3, -0.25) is 0 Å². The first kappa shape index (κ1) is 12.7. The fourth-order valence-corrected chi connectivity index (χ4v) is 1.47. The summed E-state index contributed by atoms with van der Waals surface area (Å²) in [6.45, 7) is 5.48. The molecule has 0 aliphatic carbocycles. The van der Waals surface area contributed by atoms with E-state index in [0.29, 0.717) is 19.0 Å². The maximum atomic E-state index is 5.42. The summed E-state index contributed by atoms with van der Waals surface area (Å²) in [6.07, 6.45) is 1.48. The summed E-state index contributed by atoms with van der Waals surface area (Å²) < 4.78 is 4.97. The van der Waals surface area contributed by atoms with Crippen LogP contribution >= 0.6 is 0 Å². The predicted octanol–water partition coefficient (Wildman–Crippen LogP) is 0.944. The Balaban J connectivity index is 2.89. The van der Waals surface area contributed by atoms with Crippen LogP contribution in [0.2, 0.25) is 0 Å². The SMILES string of the molecule is COCCNc1ncnc(NN)c1C(C)C. The van der Waals surface area contributed by atoms with Gasteiger partial charge in [0.25, 0.3) is 0 Å². The average Bonchev–Trinajstić information content (AvgIpc) is 2.28. The van der Waals surface area contributed by atoms with Crippen LogP contribution in [0, 0.1) is 0 Å². The molecular weight excluding hydrogens is 206 g/mol. The largest absolute Gasteiger partial charge is 0.383 e. The summed E-state index contributed by atoms with van der Waals surface area (Å²) in [6, 6.07) is 0. The molecule has 1 rings (SSSR count). The third kappa shape index (κ3) is 3.04. The zero-order chi connectivity index (χ0) is 12.0. The maximum absolute atomic E-state index is 5.42. The molecular formula is C10H19N5O. The molecule has 0 atom stereocenters. The van der Waals surface area contributed by atoms with Crippen LogP contribution < -0.4 is 16.6 Å². The van der Waals surface area contributed by atoms with E-state index in [1.807, 2.05) is 0 Å². The molecule has 4 N–H and O–H groups in total. The second-order valence-corrected chi connectivity index (χ2v) is 3.70. The second kappa shape index (κ2) is 6.24. The molecule has 6 nitrogen and oxygen atoms in total. The molecule has 1 aromatic rings. The van der Waals surface area contributed by atoms with Crippen LogP contribution in [-0.2, 0) is 4.74 Å². The Hall–Kier alpha value is -1.40. The summed E-state index contributed by atoms with van der Waals surface area (Å²) in [5.41, 5.74) is 3.57. The molecule has 0 bridgehead atoms. The van der Waals surface area contributed by atoms with Crippen LogP contribution in [0.1, 0.15) is 25.3 Å². The number of hydrogen-bond donors (Lipinski definition) is 3. The first-order valence-corrected chi connectivity index (χ1v) is 5.25. The lowest BCUT2D eigenvalue weighted by Crippen LogP contribution is -2.16. The number of anilines is 2. The van der Waals surface area contributed by atoms with Gasteiger partial charge in [-0.05, 0) is 5.92 Å². The summed E-state index contributed by atoms with van der Waals surface area (Å²) in [4.78, 5) is 8.30. The van der Waals surface area contributed by atoms with Crippen LogP contribution in [0.25, 0.3) is 0 Å². The molecule has 0 saturated heterocycles. The van der Waals surface area contributed by atoms with E-state index in [1.165, 1.54) is 6.33 Å². The number of nitrogen functional groups attached to an aromatic ring is 1. The summed E-state index contributed by atoms with van der Waals surface area (Å²) >= 11 is 0. The monoisotopic (exact) mass is 225 g/mol. The molecule has 0 unspecified atom stereocenters. The highest BCUT2D eigenvalue weighted by Gasteiger charge is 2.13. The quantitative estimate of drug-likeness (QED) is 0.379. The van der Waals surface area contributed by atoms with E-state index in [1.54, 1.807) is 7.11 Å². The number of nitrogens with two attached hydrogens (primary N) is 1. The fourth-order valence-electron chi connectivity index (χ4n) is 1.47. The Bertz CT molecular complexity index is 329. The van der Waals surface area contributed by atoms with E-state index in [4.69, 9.17) is 10.6 Å². The van der Waals surface area contributed by atoms with Gasteiger partial charge in [0.15, 0.2) is 0 Å². The Morgan fingerprint density at radius 1 is 1.38 bits per heavy atom. The normalized spacial score (nSPS) is 10.6. The highest BCUT2D eigenvalue weighted by molar-refractivity contribution is 5.58. The van der Waals surface area contributed by atoms with Crippen molar-refractivity contribution in [1.82, 2.24) is 9.97 Å². The van der Waals surface area contributed by atoms with Crippen LogP contribution in [-0.4, -0.2) is 30.2 Å². The molecule has 0 aliphatic rings. The Morgan fingerprint density at radius 2 is 2.06 bits per heavy atom. The van der Waals surface area contributed by atoms with Gasteiger partial charge in [0.05, 0.1) is 6.61 Å². The van der Waals surface area contributed by atoms with E-state index >= 15 is 0 Å². The zero-order valence-electron chi connectivity index (χ0n) is 9.95. The Labute approximate surface area is 95.6 Å². The van der Waals surface area contributed by atoms with Gasteiger partial charge in [0, 0.05) is 19.2 Å². The lowest BCUT2D eigenvalue weighted by atomic mass is 10.0. The lowest BCUT2D eigenvalue weighted by Gasteiger charge is -2.16. The molecule has 0 aromatic carbocycles. The van der Waals surface area contributed by atoms with E-state index in [9.17, 15) is 0 Å². The fraction of sp³-hybridized carbons (Fsp3) is 0.600. The standard InChI is InChI=1S/C10H19N5O/c1-7(2)8-9(12-4-5-16-3)13-6-14-10(8)15-11/h6-7H,4-5,11H2,1-3H3,(H2,12,13,14,15). The predicted molar refractivity (Wildman–Crippen MR) is 64.3 cm³/mol. The van der Waals surface area contributed by atoms with Crippen molar-refractivity contribution in [2.24, 2.45) is 5.84 Å². The minimum atomic E-state index is 0.289. The third-order valence-corrected chi connectivity index (χ3v) is 2.20. The highest BCUT2D eigenvalue weighted by atomic mass is 16.5. The molecule has 0 aliphatic heterocycles. The van der Waals surface area contributed by atoms with Crippen molar-refractivity contribution in [3.8, 4) is 0 Å². The topological polar surface area (TPSA) is 85.1 Å². The van der Waals surface area contributed by atoms with Gasteiger partial charge in [-0.1, -0.05) is 13.8 Å². The number of rotatable bonds is 6. The summed E-state index contributed by atoms with van der Waals surface area (Å²) in [5.74, 6) is 7.17. The van der Waals surface area contributed by atoms with Gasteiger partial charge >= 0.3 is 0 Å². The van der Waals surface area contributed by atoms with Crippen LogP contribution in [0.15, 0.2) is 6.33 Å². The van der Waals surface area contributed by atoms with Gasteiger partial charge in [0.2, 0.25) is 0 Å². The molecule has 0 radical (unpaired) electrons. The van der Waals surface area contributed by atoms with Crippen molar-refractivity contribution in [3.63, 3.8) is 0 Å². The van der Waals surface area contributed by atoms with Crippen molar-refractivity contribution < 1.29 is 4.74 Å². The summed E-state index contributed by atoms with van der Waals surface area (Å²) in [5, 5.41) is 3.20. The number of nitrogens with zero attached hydrogens (tertiary/aromatic N) is 2. The lowest BCUT2D eigenvalue weighted by molar-refractivity contribution is 0.210. The van der Waals surface area contributed by atoms with E-state index in [2.05, 4.69) is 34.6 Å². The molecule has 0 spiro atoms. The molecule has 16 heavy (non-hydrogen) atoms. The first-order chi connectivity index (χ1) is 7.70. The summed E-state index contributed by atoms with van der Waals surface area (Å²) in [7, 11) is 1.66. The van der Waals surface area contributed by atoms with Gasteiger partial charge in [0.1, 0.15) is 18.0 Å². The number of aromatic nitrogens is 2. The maximum Gasteiger partial charge on any atom is 0.148 e. The molecule has 90 valence electrons. The number of nitrogens with one attached hydrogen (secondary N) is 2. The minimum absolute atomic E-state index is 0.289. The van der Waals surface area contributed by atoms with Gasteiger partial charge in [-0.15, -0.1) is 0 Å². The van der Waals surface area contributed by atoms with Crippen molar-refractivity contribution >= 4 is 11.6 Å².